The number of fused-ring (bicyclic) bond motifs is 1. The summed E-state index contributed by atoms with van der Waals surface area (Å²) >= 11 is 0. The van der Waals surface area contributed by atoms with Crippen molar-refractivity contribution < 1.29 is 14.3 Å². The standard InChI is InChI=1S/C17H16O3/c1-12(2)17(19)20-11-16(18)10-13-7-8-14-5-3-4-6-15(14)9-13/h3-9H,1,10-11H2,2H3. The summed E-state index contributed by atoms with van der Waals surface area (Å²) in [7, 11) is 0. The van der Waals surface area contributed by atoms with E-state index in [0.717, 1.165) is 16.3 Å². The third-order valence-corrected chi connectivity index (χ3v) is 2.93. The fraction of sp³-hybridized carbons (Fsp3) is 0.176. The lowest BCUT2D eigenvalue weighted by atomic mass is 10.0. The van der Waals surface area contributed by atoms with Gasteiger partial charge in [-0.2, -0.15) is 0 Å². The lowest BCUT2D eigenvalue weighted by Gasteiger charge is -2.05. The Morgan fingerprint density at radius 3 is 2.50 bits per heavy atom. The van der Waals surface area contributed by atoms with E-state index in [1.54, 1.807) is 6.92 Å². The van der Waals surface area contributed by atoms with Crippen LogP contribution < -0.4 is 0 Å². The van der Waals surface area contributed by atoms with Gasteiger partial charge in [-0.05, 0) is 23.3 Å². The molecular formula is C17H16O3. The maximum atomic E-state index is 11.8. The Hall–Kier alpha value is -2.42. The summed E-state index contributed by atoms with van der Waals surface area (Å²) in [6, 6.07) is 13.8. The number of Topliss-reactive ketones (excluding diaryl/α,β-unsaturated/α-hetero) is 1. The van der Waals surface area contributed by atoms with Crippen LogP contribution in [-0.4, -0.2) is 18.4 Å². The lowest BCUT2D eigenvalue weighted by Crippen LogP contribution is -2.15. The molecule has 0 heterocycles. The first-order valence-electron chi connectivity index (χ1n) is 6.38. The van der Waals surface area contributed by atoms with E-state index in [-0.39, 0.29) is 18.8 Å². The molecule has 0 spiro atoms. The number of ether oxygens (including phenoxy) is 1. The van der Waals surface area contributed by atoms with E-state index < -0.39 is 5.97 Å². The molecule has 0 aliphatic carbocycles. The summed E-state index contributed by atoms with van der Waals surface area (Å²) in [5.74, 6) is -0.660. The van der Waals surface area contributed by atoms with Crippen molar-refractivity contribution in [1.29, 1.82) is 0 Å². The highest BCUT2D eigenvalue weighted by Crippen LogP contribution is 2.16. The van der Waals surface area contributed by atoms with E-state index in [4.69, 9.17) is 4.74 Å². The zero-order chi connectivity index (χ0) is 14.5. The van der Waals surface area contributed by atoms with Gasteiger partial charge in [0.1, 0.15) is 0 Å². The number of rotatable bonds is 5. The van der Waals surface area contributed by atoms with Gasteiger partial charge in [-0.3, -0.25) is 4.79 Å². The molecule has 0 radical (unpaired) electrons. The minimum Gasteiger partial charge on any atom is -0.454 e. The molecule has 2 aromatic rings. The van der Waals surface area contributed by atoms with E-state index in [1.807, 2.05) is 42.5 Å². The number of carbonyl (C=O) groups excluding carboxylic acids is 2. The van der Waals surface area contributed by atoms with Crippen molar-refractivity contribution in [2.75, 3.05) is 6.61 Å². The predicted molar refractivity (Wildman–Crippen MR) is 78.4 cm³/mol. The van der Waals surface area contributed by atoms with E-state index in [0.29, 0.717) is 5.57 Å². The zero-order valence-corrected chi connectivity index (χ0v) is 11.4. The van der Waals surface area contributed by atoms with Gasteiger partial charge in [-0.25, -0.2) is 4.79 Å². The fourth-order valence-electron chi connectivity index (χ4n) is 1.90. The average Bonchev–Trinajstić information content (AvgIpc) is 2.44. The third-order valence-electron chi connectivity index (χ3n) is 2.93. The molecule has 0 atom stereocenters. The molecular weight excluding hydrogens is 252 g/mol. The molecule has 0 N–H and O–H groups in total. The topological polar surface area (TPSA) is 43.4 Å². The van der Waals surface area contributed by atoms with Gasteiger partial charge in [0.05, 0.1) is 0 Å². The van der Waals surface area contributed by atoms with Gasteiger partial charge < -0.3 is 4.74 Å². The van der Waals surface area contributed by atoms with Crippen LogP contribution in [0.1, 0.15) is 12.5 Å². The second-order valence-electron chi connectivity index (χ2n) is 4.75. The second kappa shape index (κ2) is 6.15. The molecule has 20 heavy (non-hydrogen) atoms. The first-order valence-corrected chi connectivity index (χ1v) is 6.38. The van der Waals surface area contributed by atoms with Gasteiger partial charge in [0.2, 0.25) is 0 Å². The van der Waals surface area contributed by atoms with Gasteiger partial charge in [-0.15, -0.1) is 0 Å². The summed E-state index contributed by atoms with van der Waals surface area (Å²) in [5, 5.41) is 2.23. The van der Waals surface area contributed by atoms with Crippen LogP contribution >= 0.6 is 0 Å². The van der Waals surface area contributed by atoms with Crippen LogP contribution in [0.25, 0.3) is 10.8 Å². The van der Waals surface area contributed by atoms with Crippen molar-refractivity contribution in [2.24, 2.45) is 0 Å². The van der Waals surface area contributed by atoms with Crippen LogP contribution in [0.5, 0.6) is 0 Å². The van der Waals surface area contributed by atoms with Gasteiger partial charge in [0.25, 0.3) is 0 Å². The van der Waals surface area contributed by atoms with Crippen LogP contribution in [-0.2, 0) is 20.7 Å². The largest absolute Gasteiger partial charge is 0.454 e. The van der Waals surface area contributed by atoms with Crippen LogP contribution in [0.3, 0.4) is 0 Å². The van der Waals surface area contributed by atoms with E-state index in [2.05, 4.69) is 6.58 Å². The predicted octanol–water partition coefficient (Wildman–Crippen LogP) is 3.07. The molecule has 3 nitrogen and oxygen atoms in total. The van der Waals surface area contributed by atoms with Crippen molar-refractivity contribution in [3.8, 4) is 0 Å². The average molecular weight is 268 g/mol. The molecule has 0 saturated heterocycles. The summed E-state index contributed by atoms with van der Waals surface area (Å²) in [4.78, 5) is 23.0. The Balaban J connectivity index is 1.99. The van der Waals surface area contributed by atoms with Gasteiger partial charge >= 0.3 is 5.97 Å². The molecule has 0 aliphatic heterocycles. The number of carbonyl (C=O) groups is 2. The minimum absolute atomic E-state index is 0.130. The Morgan fingerprint density at radius 2 is 1.80 bits per heavy atom. The molecule has 0 saturated carbocycles. The van der Waals surface area contributed by atoms with Gasteiger partial charge in [0.15, 0.2) is 12.4 Å². The van der Waals surface area contributed by atoms with Crippen molar-refractivity contribution in [2.45, 2.75) is 13.3 Å². The van der Waals surface area contributed by atoms with Crippen LogP contribution in [0, 0.1) is 0 Å². The second-order valence-corrected chi connectivity index (χ2v) is 4.75. The Labute approximate surface area is 117 Å². The molecule has 0 amide bonds. The van der Waals surface area contributed by atoms with Gasteiger partial charge in [-0.1, -0.05) is 49.0 Å². The van der Waals surface area contributed by atoms with Crippen LogP contribution in [0.2, 0.25) is 0 Å². The Bertz CT molecular complexity index is 671. The highest BCUT2D eigenvalue weighted by atomic mass is 16.5. The number of ketones is 1. The molecule has 0 fully saturated rings. The quantitative estimate of drug-likeness (QED) is 0.618. The van der Waals surface area contributed by atoms with Crippen molar-refractivity contribution >= 4 is 22.5 Å². The van der Waals surface area contributed by atoms with Crippen molar-refractivity contribution in [3.63, 3.8) is 0 Å². The maximum absolute atomic E-state index is 11.8. The molecule has 3 heteroatoms. The number of hydrogen-bond acceptors (Lipinski definition) is 3. The monoisotopic (exact) mass is 268 g/mol. The molecule has 2 aromatic carbocycles. The first kappa shape index (κ1) is 14.0. The summed E-state index contributed by atoms with van der Waals surface area (Å²) in [5.41, 5.74) is 1.21. The van der Waals surface area contributed by atoms with Crippen molar-refractivity contribution in [1.82, 2.24) is 0 Å². The molecule has 0 unspecified atom stereocenters. The Kier molecular flexibility index (Phi) is 4.31. The molecule has 0 bridgehead atoms. The molecule has 102 valence electrons. The maximum Gasteiger partial charge on any atom is 0.333 e. The van der Waals surface area contributed by atoms with Gasteiger partial charge in [0, 0.05) is 12.0 Å². The smallest absolute Gasteiger partial charge is 0.333 e. The van der Waals surface area contributed by atoms with Crippen LogP contribution in [0.4, 0.5) is 0 Å². The summed E-state index contributed by atoms with van der Waals surface area (Å²) in [6.07, 6.45) is 0.258. The zero-order valence-electron chi connectivity index (χ0n) is 11.4. The normalized spacial score (nSPS) is 10.2. The van der Waals surface area contributed by atoms with E-state index in [1.165, 1.54) is 0 Å². The van der Waals surface area contributed by atoms with Crippen molar-refractivity contribution in [3.05, 3.63) is 60.2 Å². The third kappa shape index (κ3) is 3.54. The summed E-state index contributed by atoms with van der Waals surface area (Å²) in [6.45, 7) is 4.81. The fourth-order valence-corrected chi connectivity index (χ4v) is 1.90. The molecule has 0 aromatic heterocycles. The SMILES string of the molecule is C=C(C)C(=O)OCC(=O)Cc1ccc2ccccc2c1. The van der Waals surface area contributed by atoms with E-state index in [9.17, 15) is 9.59 Å². The number of esters is 1. The highest BCUT2D eigenvalue weighted by molar-refractivity contribution is 5.91. The van der Waals surface area contributed by atoms with E-state index >= 15 is 0 Å². The minimum atomic E-state index is -0.531. The number of hydrogen-bond donors (Lipinski definition) is 0. The summed E-state index contributed by atoms with van der Waals surface area (Å²) < 4.78 is 4.84. The molecule has 0 aliphatic rings. The Morgan fingerprint density at radius 1 is 1.10 bits per heavy atom. The van der Waals surface area contributed by atoms with Crippen LogP contribution in [0.15, 0.2) is 54.6 Å². The lowest BCUT2D eigenvalue weighted by molar-refractivity contribution is -0.143. The first-order chi connectivity index (χ1) is 9.56. The molecule has 2 rings (SSSR count). The highest BCUT2D eigenvalue weighted by Gasteiger charge is 2.09. The number of benzene rings is 2.